The van der Waals surface area contributed by atoms with E-state index < -0.39 is 0 Å². The average molecular weight is 415 g/mol. The normalized spacial score (nSPS) is 17.1. The minimum absolute atomic E-state index is 0.107. The number of rotatable bonds is 7. The molecule has 0 aliphatic carbocycles. The lowest BCUT2D eigenvalue weighted by Gasteiger charge is -2.37. The number of piperidine rings is 1. The molecule has 31 heavy (non-hydrogen) atoms. The number of hydrogen-bond donors (Lipinski definition) is 1. The van der Waals surface area contributed by atoms with Crippen molar-refractivity contribution < 1.29 is 4.79 Å². The van der Waals surface area contributed by atoms with Gasteiger partial charge in [0.2, 0.25) is 0 Å². The Morgan fingerprint density at radius 2 is 1.65 bits per heavy atom. The van der Waals surface area contributed by atoms with Crippen LogP contribution in [0.2, 0.25) is 0 Å². The summed E-state index contributed by atoms with van der Waals surface area (Å²) in [6.45, 7) is 5.42. The minimum Gasteiger partial charge on any atom is -0.342 e. The Balaban J connectivity index is 1.41. The van der Waals surface area contributed by atoms with Crippen LogP contribution in [0.5, 0.6) is 0 Å². The third-order valence-corrected chi connectivity index (χ3v) is 6.19. The smallest absolute Gasteiger partial charge is 0.270 e. The minimum atomic E-state index is -0.142. The second kappa shape index (κ2) is 10.3. The summed E-state index contributed by atoms with van der Waals surface area (Å²) < 4.78 is 0. The Labute approximate surface area is 184 Å². The molecule has 5 nitrogen and oxygen atoms in total. The number of aromatic nitrogens is 2. The number of nitrogens with one attached hydrogen (secondary N) is 1. The van der Waals surface area contributed by atoms with E-state index in [2.05, 4.69) is 57.4 Å². The molecule has 3 aromatic rings. The number of nitrogens with zero attached hydrogens (tertiary/aromatic N) is 3. The van der Waals surface area contributed by atoms with Gasteiger partial charge in [-0.3, -0.25) is 14.8 Å². The predicted molar refractivity (Wildman–Crippen MR) is 123 cm³/mol. The Hall–Kier alpha value is -3.05. The summed E-state index contributed by atoms with van der Waals surface area (Å²) >= 11 is 0. The molecule has 2 atom stereocenters. The highest BCUT2D eigenvalue weighted by molar-refractivity contribution is 5.92. The summed E-state index contributed by atoms with van der Waals surface area (Å²) in [6, 6.07) is 21.9. The molecule has 1 N–H and O–H groups in total. The molecule has 0 bridgehead atoms. The summed E-state index contributed by atoms with van der Waals surface area (Å²) in [5, 5.41) is 3.22. The highest BCUT2D eigenvalue weighted by Gasteiger charge is 2.30. The first-order valence-electron chi connectivity index (χ1n) is 11.1. The van der Waals surface area contributed by atoms with Crippen LogP contribution < -0.4 is 5.32 Å². The van der Waals surface area contributed by atoms with E-state index in [-0.39, 0.29) is 11.9 Å². The van der Waals surface area contributed by atoms with Gasteiger partial charge in [0.05, 0.1) is 11.7 Å². The van der Waals surface area contributed by atoms with Crippen LogP contribution in [0.15, 0.2) is 79.1 Å². The van der Waals surface area contributed by atoms with E-state index in [9.17, 15) is 4.79 Å². The number of likely N-dealkylation sites (tertiary alicyclic amines) is 1. The van der Waals surface area contributed by atoms with E-state index in [4.69, 9.17) is 0 Å². The highest BCUT2D eigenvalue weighted by Crippen LogP contribution is 2.31. The van der Waals surface area contributed by atoms with Crippen LogP contribution >= 0.6 is 0 Å². The molecule has 1 aromatic carbocycles. The Morgan fingerprint density at radius 3 is 2.29 bits per heavy atom. The van der Waals surface area contributed by atoms with E-state index in [1.165, 1.54) is 5.56 Å². The SMILES string of the molecule is C[C@@H](CN1CCC([C@@H](NC(=O)c2ccccn2)c2ccccn2)CC1)c1ccccc1. The van der Waals surface area contributed by atoms with E-state index in [0.717, 1.165) is 38.2 Å². The van der Waals surface area contributed by atoms with Gasteiger partial charge in [0.1, 0.15) is 5.69 Å². The average Bonchev–Trinajstić information content (AvgIpc) is 2.84. The zero-order chi connectivity index (χ0) is 21.5. The number of amides is 1. The van der Waals surface area contributed by atoms with Gasteiger partial charge >= 0.3 is 0 Å². The molecule has 1 aliphatic heterocycles. The zero-order valence-electron chi connectivity index (χ0n) is 18.0. The maximum absolute atomic E-state index is 12.8. The summed E-state index contributed by atoms with van der Waals surface area (Å²) in [5.74, 6) is 0.718. The molecule has 0 unspecified atom stereocenters. The van der Waals surface area contributed by atoms with Crippen molar-refractivity contribution in [3.63, 3.8) is 0 Å². The predicted octanol–water partition coefficient (Wildman–Crippen LogP) is 4.46. The Bertz CT molecular complexity index is 941. The van der Waals surface area contributed by atoms with Crippen molar-refractivity contribution in [3.8, 4) is 0 Å². The van der Waals surface area contributed by atoms with Crippen LogP contribution in [0.3, 0.4) is 0 Å². The van der Waals surface area contributed by atoms with Crippen LogP contribution in [0.4, 0.5) is 0 Å². The fraction of sp³-hybridized carbons (Fsp3) is 0.346. The van der Waals surface area contributed by atoms with Gasteiger partial charge in [-0.2, -0.15) is 0 Å². The molecule has 1 aliphatic rings. The first-order chi connectivity index (χ1) is 15.2. The van der Waals surface area contributed by atoms with Gasteiger partial charge in [0, 0.05) is 18.9 Å². The Kier molecular flexibility index (Phi) is 7.05. The molecule has 0 spiro atoms. The van der Waals surface area contributed by atoms with E-state index in [1.807, 2.05) is 30.3 Å². The fourth-order valence-electron chi connectivity index (χ4n) is 4.45. The van der Waals surface area contributed by atoms with Crippen molar-refractivity contribution in [1.29, 1.82) is 0 Å². The molecule has 1 amide bonds. The molecule has 160 valence electrons. The lowest BCUT2D eigenvalue weighted by Crippen LogP contribution is -2.42. The third-order valence-electron chi connectivity index (χ3n) is 6.19. The van der Waals surface area contributed by atoms with Gasteiger partial charge in [-0.05, 0) is 67.6 Å². The highest BCUT2D eigenvalue weighted by atomic mass is 16.1. The van der Waals surface area contributed by atoms with Crippen molar-refractivity contribution in [2.24, 2.45) is 5.92 Å². The monoisotopic (exact) mass is 414 g/mol. The molecule has 2 aromatic heterocycles. The molecule has 1 saturated heterocycles. The van der Waals surface area contributed by atoms with Crippen molar-refractivity contribution in [2.75, 3.05) is 19.6 Å². The molecule has 3 heterocycles. The largest absolute Gasteiger partial charge is 0.342 e. The first-order valence-corrected chi connectivity index (χ1v) is 11.1. The zero-order valence-corrected chi connectivity index (χ0v) is 18.0. The summed E-state index contributed by atoms with van der Waals surface area (Å²) in [6.07, 6.45) is 5.51. The van der Waals surface area contributed by atoms with Gasteiger partial charge in [-0.15, -0.1) is 0 Å². The van der Waals surface area contributed by atoms with Crippen LogP contribution in [0, 0.1) is 5.92 Å². The van der Waals surface area contributed by atoms with Gasteiger partial charge < -0.3 is 10.2 Å². The molecule has 4 rings (SSSR count). The van der Waals surface area contributed by atoms with Crippen LogP contribution in [-0.2, 0) is 0 Å². The van der Waals surface area contributed by atoms with Gasteiger partial charge in [0.15, 0.2) is 0 Å². The molecule has 1 fully saturated rings. The van der Waals surface area contributed by atoms with Crippen LogP contribution in [0.25, 0.3) is 0 Å². The van der Waals surface area contributed by atoms with E-state index in [1.54, 1.807) is 18.5 Å². The number of carbonyl (C=O) groups is 1. The second-order valence-electron chi connectivity index (χ2n) is 8.37. The molecule has 0 radical (unpaired) electrons. The van der Waals surface area contributed by atoms with Crippen LogP contribution in [-0.4, -0.2) is 40.4 Å². The van der Waals surface area contributed by atoms with Gasteiger partial charge in [-0.25, -0.2) is 0 Å². The van der Waals surface area contributed by atoms with Gasteiger partial charge in [0.25, 0.3) is 5.91 Å². The second-order valence-corrected chi connectivity index (χ2v) is 8.37. The number of benzene rings is 1. The van der Waals surface area contributed by atoms with Crippen molar-refractivity contribution >= 4 is 5.91 Å². The standard InChI is InChI=1S/C26H30N4O/c1-20(21-9-3-2-4-10-21)19-30-17-13-22(14-18-30)25(23-11-5-7-15-27-23)29-26(31)24-12-6-8-16-28-24/h2-12,15-16,20,22,25H,13-14,17-19H2,1H3,(H,29,31)/t20-,25+/m0/s1. The molecule has 5 heteroatoms. The molecular formula is C26H30N4O. The first kappa shape index (κ1) is 21.2. The van der Waals surface area contributed by atoms with Crippen molar-refractivity contribution in [3.05, 3.63) is 96.1 Å². The van der Waals surface area contributed by atoms with Gasteiger partial charge in [-0.1, -0.05) is 49.4 Å². The summed E-state index contributed by atoms with van der Waals surface area (Å²) in [7, 11) is 0. The number of hydrogen-bond acceptors (Lipinski definition) is 4. The molecule has 0 saturated carbocycles. The fourth-order valence-corrected chi connectivity index (χ4v) is 4.45. The molecular weight excluding hydrogens is 384 g/mol. The lowest BCUT2D eigenvalue weighted by molar-refractivity contribution is 0.0884. The summed E-state index contributed by atoms with van der Waals surface area (Å²) in [5.41, 5.74) is 2.75. The van der Waals surface area contributed by atoms with Crippen molar-refractivity contribution in [1.82, 2.24) is 20.2 Å². The number of carbonyl (C=O) groups excluding carboxylic acids is 1. The maximum atomic E-state index is 12.8. The van der Waals surface area contributed by atoms with E-state index >= 15 is 0 Å². The summed E-state index contributed by atoms with van der Waals surface area (Å²) in [4.78, 5) is 24.1. The quantitative estimate of drug-likeness (QED) is 0.620. The Morgan fingerprint density at radius 1 is 0.968 bits per heavy atom. The maximum Gasteiger partial charge on any atom is 0.270 e. The number of pyridine rings is 2. The van der Waals surface area contributed by atoms with E-state index in [0.29, 0.717) is 17.5 Å². The van der Waals surface area contributed by atoms with Crippen LogP contribution in [0.1, 0.15) is 53.5 Å². The lowest BCUT2D eigenvalue weighted by atomic mass is 9.86. The third kappa shape index (κ3) is 5.56. The topological polar surface area (TPSA) is 58.1 Å². The van der Waals surface area contributed by atoms with Crippen molar-refractivity contribution in [2.45, 2.75) is 31.7 Å².